The molecule has 0 saturated heterocycles. The van der Waals surface area contributed by atoms with E-state index in [1.165, 1.54) is 0 Å². The quantitative estimate of drug-likeness (QED) is 0.314. The molecule has 1 aromatic rings. The van der Waals surface area contributed by atoms with Crippen LogP contribution in [0.15, 0.2) is 29.3 Å². The van der Waals surface area contributed by atoms with Gasteiger partial charge in [0, 0.05) is 35.3 Å². The number of benzene rings is 1. The largest absolute Gasteiger partial charge is 0.491 e. The zero-order chi connectivity index (χ0) is 15.0. The first-order chi connectivity index (χ1) is 9.54. The maximum Gasteiger partial charge on any atom is 0.195 e. The van der Waals surface area contributed by atoms with Crippen LogP contribution in [-0.2, 0) is 11.3 Å². The maximum absolute atomic E-state index is 5.59. The molecule has 0 amide bonds. The van der Waals surface area contributed by atoms with Gasteiger partial charge in [0.2, 0.25) is 0 Å². The van der Waals surface area contributed by atoms with Crippen molar-refractivity contribution < 1.29 is 9.47 Å². The highest BCUT2D eigenvalue weighted by molar-refractivity contribution is 14.0. The van der Waals surface area contributed by atoms with Gasteiger partial charge in [-0.1, -0.05) is 12.1 Å². The summed E-state index contributed by atoms with van der Waals surface area (Å²) in [5.41, 5.74) is 1.13. The van der Waals surface area contributed by atoms with Crippen molar-refractivity contribution in [2.24, 2.45) is 4.99 Å². The van der Waals surface area contributed by atoms with Gasteiger partial charge in [-0.05, 0) is 17.7 Å². The number of methoxy groups -OCH3 is 1. The van der Waals surface area contributed by atoms with Gasteiger partial charge in [-0.2, -0.15) is 0 Å². The van der Waals surface area contributed by atoms with Crippen molar-refractivity contribution in [3.05, 3.63) is 29.8 Å². The lowest BCUT2D eigenvalue weighted by atomic mass is 10.2. The van der Waals surface area contributed by atoms with Crippen LogP contribution in [0.4, 0.5) is 0 Å². The van der Waals surface area contributed by atoms with Gasteiger partial charge in [0.05, 0.1) is 13.2 Å². The lowest BCUT2D eigenvalue weighted by Gasteiger charge is -2.22. The number of hydrogen-bond donors (Lipinski definition) is 0. The van der Waals surface area contributed by atoms with E-state index in [-0.39, 0.29) is 24.0 Å². The Balaban J connectivity index is 0.00000400. The summed E-state index contributed by atoms with van der Waals surface area (Å²) in [6.07, 6.45) is 0. The maximum atomic E-state index is 5.59. The smallest absolute Gasteiger partial charge is 0.195 e. The van der Waals surface area contributed by atoms with Crippen molar-refractivity contribution in [2.45, 2.75) is 6.54 Å². The molecule has 0 fully saturated rings. The van der Waals surface area contributed by atoms with E-state index in [4.69, 9.17) is 9.47 Å². The van der Waals surface area contributed by atoms with E-state index in [1.54, 1.807) is 7.11 Å². The Hall–Kier alpha value is -1.02. The van der Waals surface area contributed by atoms with Crippen LogP contribution in [-0.4, -0.2) is 64.3 Å². The highest BCUT2D eigenvalue weighted by Crippen LogP contribution is 2.14. The van der Waals surface area contributed by atoms with E-state index in [9.17, 15) is 0 Å². The normalized spacial score (nSPS) is 9.57. The van der Waals surface area contributed by atoms with E-state index in [1.807, 2.05) is 56.2 Å². The number of aliphatic imine (C=N–C) groups is 1. The highest BCUT2D eigenvalue weighted by Gasteiger charge is 2.04. The van der Waals surface area contributed by atoms with Gasteiger partial charge < -0.3 is 19.3 Å². The van der Waals surface area contributed by atoms with E-state index in [0.29, 0.717) is 19.8 Å². The first kappa shape index (κ1) is 20.0. The zero-order valence-corrected chi connectivity index (χ0v) is 15.8. The summed E-state index contributed by atoms with van der Waals surface area (Å²) in [7, 11) is 9.62. The third-order valence-corrected chi connectivity index (χ3v) is 2.66. The minimum atomic E-state index is 0. The summed E-state index contributed by atoms with van der Waals surface area (Å²) in [6, 6.07) is 8.00. The van der Waals surface area contributed by atoms with Crippen LogP contribution >= 0.6 is 24.0 Å². The van der Waals surface area contributed by atoms with Crippen LogP contribution in [0.2, 0.25) is 0 Å². The Morgan fingerprint density at radius 2 is 1.76 bits per heavy atom. The molecule has 1 rings (SSSR count). The second-order valence-corrected chi connectivity index (χ2v) is 4.89. The van der Waals surface area contributed by atoms with Crippen LogP contribution in [0.1, 0.15) is 5.56 Å². The molecule has 120 valence electrons. The molecule has 1 aromatic carbocycles. The molecule has 0 aromatic heterocycles. The van der Waals surface area contributed by atoms with Gasteiger partial charge in [-0.15, -0.1) is 24.0 Å². The Kier molecular flexibility index (Phi) is 10.2. The molecular weight excluding hydrogens is 381 g/mol. The Labute approximate surface area is 145 Å². The van der Waals surface area contributed by atoms with Crippen molar-refractivity contribution in [3.8, 4) is 5.75 Å². The number of rotatable bonds is 6. The fraction of sp³-hybridized carbons (Fsp3) is 0.533. The molecule has 0 aliphatic heterocycles. The van der Waals surface area contributed by atoms with Gasteiger partial charge >= 0.3 is 0 Å². The molecule has 0 aliphatic rings. The number of nitrogens with zero attached hydrogens (tertiary/aromatic N) is 3. The topological polar surface area (TPSA) is 37.3 Å². The predicted octanol–water partition coefficient (Wildman–Crippen LogP) is 2.31. The lowest BCUT2D eigenvalue weighted by Crippen LogP contribution is -2.35. The molecule has 6 heteroatoms. The number of hydrogen-bond acceptors (Lipinski definition) is 3. The standard InChI is InChI=1S/C15H25N3O2.HI/c1-17(2)15(18(3)4)16-12-13-7-6-8-14(11-13)20-10-9-19-5;/h6-8,11H,9-10,12H2,1-5H3;1H. The van der Waals surface area contributed by atoms with Gasteiger partial charge in [0.1, 0.15) is 12.4 Å². The summed E-state index contributed by atoms with van der Waals surface area (Å²) in [4.78, 5) is 8.62. The summed E-state index contributed by atoms with van der Waals surface area (Å²) in [5, 5.41) is 0. The minimum absolute atomic E-state index is 0. The molecule has 21 heavy (non-hydrogen) atoms. The van der Waals surface area contributed by atoms with Gasteiger partial charge in [-0.25, -0.2) is 4.99 Å². The Morgan fingerprint density at radius 1 is 1.10 bits per heavy atom. The molecular formula is C15H26IN3O2. The van der Waals surface area contributed by atoms with Gasteiger partial charge in [-0.3, -0.25) is 0 Å². The van der Waals surface area contributed by atoms with Crippen molar-refractivity contribution in [1.29, 1.82) is 0 Å². The van der Waals surface area contributed by atoms with Crippen LogP contribution in [0.25, 0.3) is 0 Å². The molecule has 0 heterocycles. The third-order valence-electron chi connectivity index (χ3n) is 2.66. The lowest BCUT2D eigenvalue weighted by molar-refractivity contribution is 0.146. The van der Waals surface area contributed by atoms with Gasteiger partial charge in [0.15, 0.2) is 5.96 Å². The highest BCUT2D eigenvalue weighted by atomic mass is 127. The molecule has 0 saturated carbocycles. The van der Waals surface area contributed by atoms with Crippen molar-refractivity contribution in [2.75, 3.05) is 48.5 Å². The third kappa shape index (κ3) is 7.52. The summed E-state index contributed by atoms with van der Waals surface area (Å²) in [6.45, 7) is 1.78. The van der Waals surface area contributed by atoms with Crippen molar-refractivity contribution in [1.82, 2.24) is 9.80 Å². The van der Waals surface area contributed by atoms with Crippen LogP contribution in [0, 0.1) is 0 Å². The van der Waals surface area contributed by atoms with Crippen LogP contribution in [0.5, 0.6) is 5.75 Å². The number of halogens is 1. The first-order valence-corrected chi connectivity index (χ1v) is 6.64. The summed E-state index contributed by atoms with van der Waals surface area (Å²) in [5.74, 6) is 1.79. The molecule has 0 aliphatic carbocycles. The van der Waals surface area contributed by atoms with Crippen LogP contribution < -0.4 is 4.74 Å². The molecule has 0 bridgehead atoms. The van der Waals surface area contributed by atoms with E-state index in [2.05, 4.69) is 11.1 Å². The molecule has 0 unspecified atom stereocenters. The average Bonchev–Trinajstić information content (AvgIpc) is 2.39. The second-order valence-electron chi connectivity index (χ2n) is 4.89. The van der Waals surface area contributed by atoms with E-state index < -0.39 is 0 Å². The molecule has 0 radical (unpaired) electrons. The van der Waals surface area contributed by atoms with Crippen molar-refractivity contribution >= 4 is 29.9 Å². The zero-order valence-electron chi connectivity index (χ0n) is 13.5. The van der Waals surface area contributed by atoms with Crippen LogP contribution in [0.3, 0.4) is 0 Å². The number of guanidine groups is 1. The van der Waals surface area contributed by atoms with E-state index in [0.717, 1.165) is 17.3 Å². The van der Waals surface area contributed by atoms with Gasteiger partial charge in [0.25, 0.3) is 0 Å². The summed E-state index contributed by atoms with van der Waals surface area (Å²) < 4.78 is 10.6. The second kappa shape index (κ2) is 10.7. The summed E-state index contributed by atoms with van der Waals surface area (Å²) >= 11 is 0. The fourth-order valence-corrected chi connectivity index (χ4v) is 1.82. The molecule has 5 nitrogen and oxygen atoms in total. The SMILES string of the molecule is COCCOc1cccc(CN=C(N(C)C)N(C)C)c1.I. The van der Waals surface area contributed by atoms with Crippen molar-refractivity contribution in [3.63, 3.8) is 0 Å². The Bertz CT molecular complexity index is 427. The predicted molar refractivity (Wildman–Crippen MR) is 97.7 cm³/mol. The van der Waals surface area contributed by atoms with E-state index >= 15 is 0 Å². The average molecular weight is 407 g/mol. The Morgan fingerprint density at radius 3 is 2.33 bits per heavy atom. The first-order valence-electron chi connectivity index (χ1n) is 6.64. The molecule has 0 spiro atoms. The molecule has 0 atom stereocenters. The molecule has 0 N–H and O–H groups in total. The fourth-order valence-electron chi connectivity index (χ4n) is 1.82. The monoisotopic (exact) mass is 407 g/mol. The number of ether oxygens (including phenoxy) is 2. The minimum Gasteiger partial charge on any atom is -0.491 e.